The van der Waals surface area contributed by atoms with Crippen LogP contribution in [0.15, 0.2) is 146 Å². The summed E-state index contributed by atoms with van der Waals surface area (Å²) in [6, 6.07) is 0. The van der Waals surface area contributed by atoms with Gasteiger partial charge in [0.2, 0.25) is 0 Å². The smallest absolute Gasteiger partial charge is 0.306 e. The zero-order chi connectivity index (χ0) is 52.2. The molecule has 0 aromatic rings. The highest BCUT2D eigenvalue weighted by atomic mass is 16.6. The van der Waals surface area contributed by atoms with Gasteiger partial charge in [-0.3, -0.25) is 14.4 Å². The molecule has 404 valence electrons. The molecule has 0 rings (SSSR count). The van der Waals surface area contributed by atoms with E-state index in [0.29, 0.717) is 12.8 Å². The molecular formula is C66H104O6. The molecule has 0 aromatic carbocycles. The summed E-state index contributed by atoms with van der Waals surface area (Å²) in [5.74, 6) is -0.978. The van der Waals surface area contributed by atoms with Crippen molar-refractivity contribution in [1.29, 1.82) is 0 Å². The molecule has 6 nitrogen and oxygen atoms in total. The van der Waals surface area contributed by atoms with Crippen LogP contribution in [-0.2, 0) is 28.6 Å². The molecule has 0 heterocycles. The van der Waals surface area contributed by atoms with Crippen molar-refractivity contribution >= 4 is 17.9 Å². The van der Waals surface area contributed by atoms with E-state index >= 15 is 0 Å². The van der Waals surface area contributed by atoms with Gasteiger partial charge in [-0.2, -0.15) is 0 Å². The Kier molecular flexibility index (Phi) is 55.0. The van der Waals surface area contributed by atoms with E-state index in [2.05, 4.69) is 167 Å². The standard InChI is InChI=1S/C66H104O6/c1-4-7-10-13-16-19-22-24-25-26-27-28-29-30-31-32-33-34-35-36-37-38-39-40-41-43-44-47-50-53-56-59-65(68)71-62-63(61-70-64(67)58-55-52-49-46-21-18-15-12-9-6-3)72-66(69)60-57-54-51-48-45-42-23-20-17-14-11-8-5-2/h7-8,10-11,16-17,19-20,24-25,27-28,30-31,33-34,36-37,39-40,42-45,63H,4-6,9,12-15,18,21-23,26,29,32,35,38,41,46-62H2,1-3H3/b10-7-,11-8-,19-16-,20-17-,25-24-,28-27-,31-30-,34-33-,37-36-,40-39-,44-43-,45-42-. The summed E-state index contributed by atoms with van der Waals surface area (Å²) >= 11 is 0. The van der Waals surface area contributed by atoms with Crippen molar-refractivity contribution in [2.75, 3.05) is 13.2 Å². The summed E-state index contributed by atoms with van der Waals surface area (Å²) < 4.78 is 16.7. The van der Waals surface area contributed by atoms with Crippen LogP contribution in [0.2, 0.25) is 0 Å². The second-order valence-electron chi connectivity index (χ2n) is 18.4. The van der Waals surface area contributed by atoms with Crippen LogP contribution in [0.4, 0.5) is 0 Å². The number of allylic oxidation sites excluding steroid dienone is 24. The van der Waals surface area contributed by atoms with Gasteiger partial charge < -0.3 is 14.2 Å². The van der Waals surface area contributed by atoms with Crippen molar-refractivity contribution in [1.82, 2.24) is 0 Å². The van der Waals surface area contributed by atoms with Gasteiger partial charge in [-0.15, -0.1) is 0 Å². The Hall–Kier alpha value is -4.71. The molecule has 0 aliphatic carbocycles. The highest BCUT2D eigenvalue weighted by molar-refractivity contribution is 5.71. The van der Waals surface area contributed by atoms with Gasteiger partial charge >= 0.3 is 17.9 Å². The van der Waals surface area contributed by atoms with Gasteiger partial charge in [0, 0.05) is 19.3 Å². The minimum Gasteiger partial charge on any atom is -0.462 e. The van der Waals surface area contributed by atoms with Crippen LogP contribution in [0, 0.1) is 0 Å². The van der Waals surface area contributed by atoms with Crippen LogP contribution < -0.4 is 0 Å². The Balaban J connectivity index is 4.34. The summed E-state index contributed by atoms with van der Waals surface area (Å²) in [4.78, 5) is 38.0. The summed E-state index contributed by atoms with van der Waals surface area (Å²) in [7, 11) is 0. The van der Waals surface area contributed by atoms with Gasteiger partial charge in [-0.05, 0) is 122 Å². The first-order valence-corrected chi connectivity index (χ1v) is 28.8. The molecule has 0 fully saturated rings. The lowest BCUT2D eigenvalue weighted by Crippen LogP contribution is -2.30. The van der Waals surface area contributed by atoms with E-state index in [1.807, 2.05) is 0 Å². The third-order valence-electron chi connectivity index (χ3n) is 11.6. The second kappa shape index (κ2) is 58.9. The van der Waals surface area contributed by atoms with Crippen LogP contribution >= 0.6 is 0 Å². The topological polar surface area (TPSA) is 78.9 Å². The molecule has 0 aliphatic heterocycles. The van der Waals surface area contributed by atoms with Crippen LogP contribution in [0.5, 0.6) is 0 Å². The largest absolute Gasteiger partial charge is 0.462 e. The quantitative estimate of drug-likeness (QED) is 0.0261. The number of hydrogen-bond donors (Lipinski definition) is 0. The molecule has 0 saturated heterocycles. The minimum atomic E-state index is -0.810. The maximum Gasteiger partial charge on any atom is 0.306 e. The highest BCUT2D eigenvalue weighted by Gasteiger charge is 2.19. The third kappa shape index (κ3) is 56.2. The normalized spacial score (nSPS) is 13.2. The molecule has 0 aliphatic rings. The summed E-state index contributed by atoms with van der Waals surface area (Å²) in [5, 5.41) is 0. The average molecular weight is 994 g/mol. The van der Waals surface area contributed by atoms with Gasteiger partial charge in [0.25, 0.3) is 0 Å². The van der Waals surface area contributed by atoms with Gasteiger partial charge in [0.1, 0.15) is 13.2 Å². The molecular weight excluding hydrogens is 889 g/mol. The monoisotopic (exact) mass is 993 g/mol. The molecule has 0 saturated carbocycles. The minimum absolute atomic E-state index is 0.104. The lowest BCUT2D eigenvalue weighted by molar-refractivity contribution is -0.167. The molecule has 72 heavy (non-hydrogen) atoms. The summed E-state index contributed by atoms with van der Waals surface area (Å²) in [6.07, 6.45) is 84.3. The number of ether oxygens (including phenoxy) is 3. The van der Waals surface area contributed by atoms with Gasteiger partial charge in [0.15, 0.2) is 6.10 Å². The molecule has 1 unspecified atom stereocenters. The Bertz CT molecular complexity index is 1610. The Morgan fingerprint density at radius 3 is 0.847 bits per heavy atom. The zero-order valence-corrected chi connectivity index (χ0v) is 46.1. The predicted octanol–water partition coefficient (Wildman–Crippen LogP) is 19.6. The number of unbranched alkanes of at least 4 members (excludes halogenated alkanes) is 15. The van der Waals surface area contributed by atoms with E-state index in [0.717, 1.165) is 148 Å². The van der Waals surface area contributed by atoms with Crippen LogP contribution in [0.3, 0.4) is 0 Å². The van der Waals surface area contributed by atoms with E-state index in [1.165, 1.54) is 44.9 Å². The third-order valence-corrected chi connectivity index (χ3v) is 11.6. The van der Waals surface area contributed by atoms with Crippen molar-refractivity contribution in [3.63, 3.8) is 0 Å². The molecule has 0 spiro atoms. The molecule has 0 aromatic heterocycles. The predicted molar refractivity (Wildman–Crippen MR) is 311 cm³/mol. The fourth-order valence-corrected chi connectivity index (χ4v) is 7.33. The SMILES string of the molecule is CC/C=C\C/C=C\C/C=C\C/C=C\C/C=C\C/C=C\C/C=C\C/C=C\C/C=C\CCCCCC(=O)OCC(COC(=O)CCCCCCCCCCCC)OC(=O)CCCCC/C=C\C/C=C\C/C=C\CC. The van der Waals surface area contributed by atoms with Crippen LogP contribution in [0.1, 0.15) is 233 Å². The Morgan fingerprint density at radius 2 is 0.542 bits per heavy atom. The van der Waals surface area contributed by atoms with Gasteiger partial charge in [-0.25, -0.2) is 0 Å². The number of rotatable bonds is 50. The Labute approximate surface area is 442 Å². The number of esters is 3. The van der Waals surface area contributed by atoms with Crippen molar-refractivity contribution in [2.24, 2.45) is 0 Å². The van der Waals surface area contributed by atoms with Gasteiger partial charge in [-0.1, -0.05) is 237 Å². The maximum absolute atomic E-state index is 12.8. The fraction of sp³-hybridized carbons (Fsp3) is 0.591. The first-order chi connectivity index (χ1) is 35.5. The van der Waals surface area contributed by atoms with Gasteiger partial charge in [0.05, 0.1) is 0 Å². The molecule has 0 radical (unpaired) electrons. The lowest BCUT2D eigenvalue weighted by Gasteiger charge is -2.18. The van der Waals surface area contributed by atoms with Crippen molar-refractivity contribution < 1.29 is 28.6 Å². The van der Waals surface area contributed by atoms with E-state index in [4.69, 9.17) is 14.2 Å². The maximum atomic E-state index is 12.8. The lowest BCUT2D eigenvalue weighted by atomic mass is 10.1. The Morgan fingerprint density at radius 1 is 0.292 bits per heavy atom. The molecule has 1 atom stereocenters. The summed E-state index contributed by atoms with van der Waals surface area (Å²) in [5.41, 5.74) is 0. The van der Waals surface area contributed by atoms with Crippen LogP contribution in [0.25, 0.3) is 0 Å². The van der Waals surface area contributed by atoms with E-state index in [9.17, 15) is 14.4 Å². The molecule has 0 N–H and O–H groups in total. The molecule has 0 amide bonds. The average Bonchev–Trinajstić information content (AvgIpc) is 3.38. The zero-order valence-electron chi connectivity index (χ0n) is 46.1. The number of carbonyl (C=O) groups is 3. The van der Waals surface area contributed by atoms with Crippen molar-refractivity contribution in [3.8, 4) is 0 Å². The number of carbonyl (C=O) groups excluding carboxylic acids is 3. The van der Waals surface area contributed by atoms with Crippen molar-refractivity contribution in [3.05, 3.63) is 146 Å². The summed E-state index contributed by atoms with van der Waals surface area (Å²) in [6.45, 7) is 6.32. The fourth-order valence-electron chi connectivity index (χ4n) is 7.33. The first kappa shape index (κ1) is 67.3. The molecule has 0 bridgehead atoms. The molecule has 6 heteroatoms. The number of hydrogen-bond acceptors (Lipinski definition) is 6. The second-order valence-corrected chi connectivity index (χ2v) is 18.4. The van der Waals surface area contributed by atoms with E-state index in [-0.39, 0.29) is 37.5 Å². The first-order valence-electron chi connectivity index (χ1n) is 28.8. The van der Waals surface area contributed by atoms with E-state index in [1.54, 1.807) is 0 Å². The van der Waals surface area contributed by atoms with Crippen LogP contribution in [-0.4, -0.2) is 37.2 Å². The van der Waals surface area contributed by atoms with E-state index < -0.39 is 6.10 Å². The highest BCUT2D eigenvalue weighted by Crippen LogP contribution is 2.13. The van der Waals surface area contributed by atoms with Crippen molar-refractivity contribution in [2.45, 2.75) is 239 Å².